The molecule has 1 saturated heterocycles. The molecule has 0 saturated carbocycles. The third-order valence-corrected chi connectivity index (χ3v) is 7.15. The Bertz CT molecular complexity index is 1740. The van der Waals surface area contributed by atoms with E-state index >= 15 is 4.39 Å². The van der Waals surface area contributed by atoms with Crippen LogP contribution >= 0.6 is 11.6 Å². The van der Waals surface area contributed by atoms with E-state index in [0.29, 0.717) is 5.39 Å². The molecule has 4 aromatic rings. The van der Waals surface area contributed by atoms with Crippen molar-refractivity contribution in [1.29, 1.82) is 0 Å². The molecule has 3 heterocycles. The fourth-order valence-electron chi connectivity index (χ4n) is 4.96. The van der Waals surface area contributed by atoms with Crippen LogP contribution in [-0.4, -0.2) is 63.8 Å². The Balaban J connectivity index is 1.61. The maximum absolute atomic E-state index is 16.2. The molecule has 0 radical (unpaired) electrons. The van der Waals surface area contributed by atoms with Crippen molar-refractivity contribution in [2.45, 2.75) is 38.8 Å². The van der Waals surface area contributed by atoms with E-state index in [1.54, 1.807) is 37.8 Å². The minimum Gasteiger partial charge on any atom is -0.444 e. The second-order valence-corrected chi connectivity index (χ2v) is 11.1. The number of benzene rings is 2. The van der Waals surface area contributed by atoms with Crippen molar-refractivity contribution in [2.24, 2.45) is 0 Å². The number of fused-ring (bicyclic) bond motifs is 2. The number of aromatic nitrogens is 3. The second kappa shape index (κ2) is 11.2. The summed E-state index contributed by atoms with van der Waals surface area (Å²) in [5, 5.41) is 0.583. The van der Waals surface area contributed by atoms with Gasteiger partial charge in [0.1, 0.15) is 34.5 Å². The summed E-state index contributed by atoms with van der Waals surface area (Å²) in [4.78, 5) is 31.4. The number of hydrogen-bond acceptors (Lipinski definition) is 6. The minimum atomic E-state index is -3.12. The van der Waals surface area contributed by atoms with E-state index in [1.807, 2.05) is 0 Å². The highest BCUT2D eigenvalue weighted by molar-refractivity contribution is 6.36. The highest BCUT2D eigenvalue weighted by Crippen LogP contribution is 2.38. The summed E-state index contributed by atoms with van der Waals surface area (Å²) in [7, 11) is 0. The summed E-state index contributed by atoms with van der Waals surface area (Å²) in [6.45, 7) is 12.8. The molecule has 2 aromatic heterocycles. The Morgan fingerprint density at radius 3 is 2.64 bits per heavy atom. The zero-order chi connectivity index (χ0) is 30.3. The van der Waals surface area contributed by atoms with Crippen molar-refractivity contribution in [1.82, 2.24) is 19.9 Å². The molecule has 1 atom stereocenters. The number of halogens is 5. The molecule has 1 amide bonds. The molecule has 8 nitrogen and oxygen atoms in total. The monoisotopic (exact) mass is 600 g/mol. The van der Waals surface area contributed by atoms with Crippen LogP contribution in [0.25, 0.3) is 37.8 Å². The van der Waals surface area contributed by atoms with Crippen molar-refractivity contribution < 1.29 is 27.1 Å². The SMILES string of the molecule is [C-]#[N+]C[C@H]1CN(c2nc(C(F)F)nc3c(F)c(-c4cccc5ccc(F)c(Cl)c45)ncc23)CCN1C(=O)OC(C)(C)C. The number of rotatable bonds is 4. The third kappa shape index (κ3) is 5.48. The van der Waals surface area contributed by atoms with Crippen LogP contribution in [0.2, 0.25) is 5.02 Å². The molecule has 1 aliphatic heterocycles. The van der Waals surface area contributed by atoms with Gasteiger partial charge in [0.2, 0.25) is 6.54 Å². The Morgan fingerprint density at radius 1 is 1.19 bits per heavy atom. The van der Waals surface area contributed by atoms with Gasteiger partial charge in [-0.15, -0.1) is 0 Å². The van der Waals surface area contributed by atoms with Crippen LogP contribution in [0, 0.1) is 18.2 Å². The number of pyridine rings is 1. The lowest BCUT2D eigenvalue weighted by Gasteiger charge is -2.40. The maximum atomic E-state index is 16.2. The van der Waals surface area contributed by atoms with E-state index in [-0.39, 0.29) is 59.0 Å². The zero-order valence-corrected chi connectivity index (χ0v) is 23.6. The average molecular weight is 601 g/mol. The van der Waals surface area contributed by atoms with E-state index in [4.69, 9.17) is 22.9 Å². The van der Waals surface area contributed by atoms with E-state index in [2.05, 4.69) is 19.8 Å². The first-order chi connectivity index (χ1) is 19.9. The van der Waals surface area contributed by atoms with Crippen LogP contribution in [0.3, 0.4) is 0 Å². The van der Waals surface area contributed by atoms with Gasteiger partial charge in [0.05, 0.1) is 10.4 Å². The molecule has 13 heteroatoms. The van der Waals surface area contributed by atoms with Crippen LogP contribution in [-0.2, 0) is 4.74 Å². The van der Waals surface area contributed by atoms with Gasteiger partial charge >= 0.3 is 6.09 Å². The largest absolute Gasteiger partial charge is 0.444 e. The van der Waals surface area contributed by atoms with Crippen LogP contribution < -0.4 is 4.90 Å². The van der Waals surface area contributed by atoms with Gasteiger partial charge in [-0.05, 0) is 32.2 Å². The van der Waals surface area contributed by atoms with Crippen molar-refractivity contribution in [2.75, 3.05) is 31.1 Å². The van der Waals surface area contributed by atoms with E-state index in [9.17, 15) is 18.0 Å². The predicted octanol–water partition coefficient (Wildman–Crippen LogP) is 7.06. The van der Waals surface area contributed by atoms with Gasteiger partial charge in [0.25, 0.3) is 6.43 Å². The number of carbonyl (C=O) groups is 1. The summed E-state index contributed by atoms with van der Waals surface area (Å²) in [5.41, 5.74) is -1.24. The summed E-state index contributed by atoms with van der Waals surface area (Å²) in [5.74, 6) is -2.61. The van der Waals surface area contributed by atoms with Gasteiger partial charge in [-0.2, -0.15) is 0 Å². The van der Waals surface area contributed by atoms with Gasteiger partial charge in [0, 0.05) is 36.8 Å². The molecule has 1 aliphatic rings. The molecule has 0 aliphatic carbocycles. The fourth-order valence-corrected chi connectivity index (χ4v) is 5.24. The lowest BCUT2D eigenvalue weighted by atomic mass is 10.0. The van der Waals surface area contributed by atoms with Gasteiger partial charge in [-0.25, -0.2) is 38.9 Å². The number of ether oxygens (including phenoxy) is 1. The van der Waals surface area contributed by atoms with Crippen LogP contribution in [0.5, 0.6) is 0 Å². The van der Waals surface area contributed by atoms with Crippen LogP contribution in [0.4, 0.5) is 28.2 Å². The van der Waals surface area contributed by atoms with Gasteiger partial charge in [-0.3, -0.25) is 9.88 Å². The fraction of sp³-hybridized carbons (Fsp3) is 0.345. The maximum Gasteiger partial charge on any atom is 0.410 e. The first-order valence-corrected chi connectivity index (χ1v) is 13.4. The molecule has 218 valence electrons. The van der Waals surface area contributed by atoms with E-state index in [0.717, 1.165) is 0 Å². The van der Waals surface area contributed by atoms with E-state index < -0.39 is 47.1 Å². The quantitative estimate of drug-likeness (QED) is 0.184. The average Bonchev–Trinajstić information content (AvgIpc) is 2.94. The predicted molar refractivity (Wildman–Crippen MR) is 151 cm³/mol. The van der Waals surface area contributed by atoms with Gasteiger partial charge in [0.15, 0.2) is 11.6 Å². The summed E-state index contributed by atoms with van der Waals surface area (Å²) < 4.78 is 63.9. The lowest BCUT2D eigenvalue weighted by Crippen LogP contribution is -2.57. The Morgan fingerprint density at radius 2 is 1.95 bits per heavy atom. The molecule has 1 fully saturated rings. The second-order valence-electron chi connectivity index (χ2n) is 10.8. The Labute approximate surface area is 243 Å². The molecule has 5 rings (SSSR count). The number of anilines is 1. The molecular weight excluding hydrogens is 576 g/mol. The molecule has 0 bridgehead atoms. The van der Waals surface area contributed by atoms with Crippen LogP contribution in [0.1, 0.15) is 33.0 Å². The highest BCUT2D eigenvalue weighted by Gasteiger charge is 2.37. The topological polar surface area (TPSA) is 75.8 Å². The standard InChI is InChI=1S/C29H25ClF4N6O2/c1-29(2,3)42-28(41)40-11-10-39(14-16(40)12-35-4)27-18-13-36-23(22(32)24(18)37-26(38-27)25(33)34)17-7-5-6-15-8-9-19(31)21(30)20(15)17/h5-9,13,16,25H,10-12,14H2,1-3H3/t16-/m0/s1. The van der Waals surface area contributed by atoms with Gasteiger partial charge in [-0.1, -0.05) is 35.9 Å². The molecular formula is C29H25ClF4N6O2. The Kier molecular flexibility index (Phi) is 7.81. The molecule has 0 unspecified atom stereocenters. The molecule has 0 spiro atoms. The number of alkyl halides is 2. The number of carbonyl (C=O) groups excluding carboxylic acids is 1. The van der Waals surface area contributed by atoms with Crippen molar-refractivity contribution >= 4 is 45.2 Å². The number of hydrogen-bond donors (Lipinski definition) is 0. The number of piperazine rings is 1. The first kappa shape index (κ1) is 29.3. The summed E-state index contributed by atoms with van der Waals surface area (Å²) in [6, 6.07) is 6.84. The van der Waals surface area contributed by atoms with Crippen molar-refractivity contribution in [3.8, 4) is 11.3 Å². The minimum absolute atomic E-state index is 0.00549. The van der Waals surface area contributed by atoms with Crippen molar-refractivity contribution in [3.05, 3.63) is 70.4 Å². The summed E-state index contributed by atoms with van der Waals surface area (Å²) in [6.07, 6.45) is -2.44. The normalized spacial score (nSPS) is 15.9. The number of nitrogens with zero attached hydrogens (tertiary/aromatic N) is 6. The number of amides is 1. The third-order valence-electron chi connectivity index (χ3n) is 6.78. The highest BCUT2D eigenvalue weighted by atomic mass is 35.5. The van der Waals surface area contributed by atoms with Crippen LogP contribution in [0.15, 0.2) is 36.5 Å². The zero-order valence-electron chi connectivity index (χ0n) is 22.8. The van der Waals surface area contributed by atoms with Gasteiger partial charge < -0.3 is 14.5 Å². The lowest BCUT2D eigenvalue weighted by molar-refractivity contribution is 0.0156. The van der Waals surface area contributed by atoms with E-state index in [1.165, 1.54) is 29.3 Å². The molecule has 0 N–H and O–H groups in total. The molecule has 2 aromatic carbocycles. The first-order valence-electron chi connectivity index (χ1n) is 13.0. The smallest absolute Gasteiger partial charge is 0.410 e. The summed E-state index contributed by atoms with van der Waals surface area (Å²) >= 11 is 6.24. The molecule has 42 heavy (non-hydrogen) atoms. The Hall–Kier alpha value is -4.24. The van der Waals surface area contributed by atoms with Crippen molar-refractivity contribution in [3.63, 3.8) is 0 Å².